The molecule has 0 atom stereocenters. The van der Waals surface area contributed by atoms with E-state index in [0.29, 0.717) is 29.8 Å². The van der Waals surface area contributed by atoms with Crippen LogP contribution >= 0.6 is 27.7 Å². The lowest BCUT2D eigenvalue weighted by Gasteiger charge is -2.12. The van der Waals surface area contributed by atoms with E-state index < -0.39 is 0 Å². The summed E-state index contributed by atoms with van der Waals surface area (Å²) in [5, 5.41) is 0.667. The van der Waals surface area contributed by atoms with Gasteiger partial charge in [-0.1, -0.05) is 15.9 Å². The highest BCUT2D eigenvalue weighted by molar-refractivity contribution is 9.10. The molecular formula is C22H23BrN2O3S. The number of likely N-dealkylation sites (N-methyl/N-ethyl adjacent to an activating group) is 1. The molecule has 1 aliphatic heterocycles. The number of carbonyl (C=O) groups excluding carboxylic acids is 1. The Morgan fingerprint density at radius 2 is 1.79 bits per heavy atom. The number of aliphatic imine (C=N–C) groups is 1. The van der Waals surface area contributed by atoms with Gasteiger partial charge in [0.1, 0.15) is 11.5 Å². The van der Waals surface area contributed by atoms with Crippen LogP contribution in [0.3, 0.4) is 0 Å². The van der Waals surface area contributed by atoms with Gasteiger partial charge in [0.05, 0.1) is 23.8 Å². The number of carbonyl (C=O) groups is 1. The minimum atomic E-state index is -0.0513. The molecule has 0 aliphatic carbocycles. The second-order valence-corrected chi connectivity index (χ2v) is 8.02. The molecule has 0 unspecified atom stereocenters. The Morgan fingerprint density at radius 1 is 1.07 bits per heavy atom. The number of benzene rings is 2. The number of nitrogens with zero attached hydrogens (tertiary/aromatic N) is 2. The highest BCUT2D eigenvalue weighted by Crippen LogP contribution is 2.36. The number of hydrogen-bond donors (Lipinski definition) is 0. The largest absolute Gasteiger partial charge is 0.494 e. The van der Waals surface area contributed by atoms with Crippen molar-refractivity contribution in [2.75, 3.05) is 19.8 Å². The van der Waals surface area contributed by atoms with Gasteiger partial charge in [-0.3, -0.25) is 9.69 Å². The van der Waals surface area contributed by atoms with Crippen LogP contribution in [0.4, 0.5) is 5.69 Å². The first-order valence-corrected chi connectivity index (χ1v) is 11.1. The van der Waals surface area contributed by atoms with Gasteiger partial charge in [0.15, 0.2) is 5.17 Å². The second kappa shape index (κ2) is 9.98. The maximum absolute atomic E-state index is 12.9. The van der Waals surface area contributed by atoms with Gasteiger partial charge in [0, 0.05) is 16.6 Å². The number of rotatable bonds is 7. The van der Waals surface area contributed by atoms with E-state index >= 15 is 0 Å². The fraction of sp³-hybridized carbons (Fsp3) is 0.273. The van der Waals surface area contributed by atoms with Crippen LogP contribution in [0.15, 0.2) is 56.8 Å². The van der Waals surface area contributed by atoms with E-state index in [0.717, 1.165) is 27.2 Å². The molecule has 5 nitrogen and oxygen atoms in total. The van der Waals surface area contributed by atoms with Crippen LogP contribution in [0.1, 0.15) is 26.3 Å². The Balaban J connectivity index is 1.91. The number of halogens is 1. The summed E-state index contributed by atoms with van der Waals surface area (Å²) in [5.74, 6) is 1.50. The van der Waals surface area contributed by atoms with Crippen molar-refractivity contribution in [2.24, 2.45) is 4.99 Å². The van der Waals surface area contributed by atoms with Crippen molar-refractivity contribution in [3.05, 3.63) is 57.4 Å². The van der Waals surface area contributed by atoms with E-state index in [2.05, 4.69) is 20.9 Å². The number of hydrogen-bond acceptors (Lipinski definition) is 5. The molecule has 29 heavy (non-hydrogen) atoms. The molecule has 1 heterocycles. The van der Waals surface area contributed by atoms with Crippen LogP contribution in [0.5, 0.6) is 11.5 Å². The van der Waals surface area contributed by atoms with Crippen molar-refractivity contribution in [2.45, 2.75) is 20.8 Å². The summed E-state index contributed by atoms with van der Waals surface area (Å²) < 4.78 is 12.1. The normalized spacial score (nSPS) is 16.7. The maximum Gasteiger partial charge on any atom is 0.266 e. The van der Waals surface area contributed by atoms with E-state index in [-0.39, 0.29) is 5.91 Å². The third kappa shape index (κ3) is 5.22. The Morgan fingerprint density at radius 3 is 2.45 bits per heavy atom. The van der Waals surface area contributed by atoms with Crippen LogP contribution < -0.4 is 9.47 Å². The summed E-state index contributed by atoms with van der Waals surface area (Å²) >= 11 is 4.86. The van der Waals surface area contributed by atoms with Crippen molar-refractivity contribution >= 4 is 50.5 Å². The predicted octanol–water partition coefficient (Wildman–Crippen LogP) is 5.87. The van der Waals surface area contributed by atoms with Gasteiger partial charge in [-0.2, -0.15) is 0 Å². The zero-order chi connectivity index (χ0) is 20.8. The fourth-order valence-corrected chi connectivity index (χ4v) is 4.26. The first kappa shape index (κ1) is 21.5. The molecule has 0 N–H and O–H groups in total. The standard InChI is InChI=1S/C22H23BrN2O3S/c1-4-25-21(26)20(14-15-13-16(23)7-12-19(15)28-6-3)29-22(25)24-17-8-10-18(11-9-17)27-5-2/h7-14H,4-6H2,1-3H3. The summed E-state index contributed by atoms with van der Waals surface area (Å²) in [5.41, 5.74) is 1.64. The molecule has 0 spiro atoms. The quantitative estimate of drug-likeness (QED) is 0.470. The van der Waals surface area contributed by atoms with E-state index in [9.17, 15) is 4.79 Å². The van der Waals surface area contributed by atoms with Crippen molar-refractivity contribution in [1.82, 2.24) is 4.90 Å². The highest BCUT2D eigenvalue weighted by Gasteiger charge is 2.32. The molecule has 0 saturated carbocycles. The average Bonchev–Trinajstić information content (AvgIpc) is 3.00. The number of thioether (sulfide) groups is 1. The van der Waals surface area contributed by atoms with Gasteiger partial charge >= 0.3 is 0 Å². The van der Waals surface area contributed by atoms with Crippen LogP contribution in [-0.2, 0) is 4.79 Å². The van der Waals surface area contributed by atoms with Crippen LogP contribution in [0.25, 0.3) is 6.08 Å². The molecule has 1 aliphatic rings. The summed E-state index contributed by atoms with van der Waals surface area (Å²) in [4.78, 5) is 19.9. The van der Waals surface area contributed by atoms with Crippen molar-refractivity contribution in [3.63, 3.8) is 0 Å². The highest BCUT2D eigenvalue weighted by atomic mass is 79.9. The van der Waals surface area contributed by atoms with Crippen LogP contribution in [-0.4, -0.2) is 35.7 Å². The van der Waals surface area contributed by atoms with Crippen molar-refractivity contribution in [1.29, 1.82) is 0 Å². The number of amidine groups is 1. The lowest BCUT2D eigenvalue weighted by atomic mass is 10.2. The minimum Gasteiger partial charge on any atom is -0.494 e. The van der Waals surface area contributed by atoms with Crippen LogP contribution in [0, 0.1) is 0 Å². The molecule has 0 aromatic heterocycles. The second-order valence-electron chi connectivity index (χ2n) is 6.10. The lowest BCUT2D eigenvalue weighted by Crippen LogP contribution is -2.28. The van der Waals surface area contributed by atoms with E-state index in [1.54, 1.807) is 4.90 Å². The first-order valence-electron chi connectivity index (χ1n) is 9.51. The van der Waals surface area contributed by atoms with Gasteiger partial charge in [0.25, 0.3) is 5.91 Å². The molecule has 0 bridgehead atoms. The Hall–Kier alpha value is -2.25. The monoisotopic (exact) mass is 474 g/mol. The average molecular weight is 475 g/mol. The van der Waals surface area contributed by atoms with Gasteiger partial charge in [-0.25, -0.2) is 4.99 Å². The summed E-state index contributed by atoms with van der Waals surface area (Å²) in [6, 6.07) is 13.3. The van der Waals surface area contributed by atoms with Gasteiger partial charge in [0.2, 0.25) is 0 Å². The zero-order valence-electron chi connectivity index (χ0n) is 16.6. The van der Waals surface area contributed by atoms with Gasteiger partial charge in [-0.15, -0.1) is 0 Å². The molecule has 1 amide bonds. The van der Waals surface area contributed by atoms with Crippen molar-refractivity contribution < 1.29 is 14.3 Å². The molecule has 2 aromatic carbocycles. The summed E-state index contributed by atoms with van der Waals surface area (Å²) in [6.07, 6.45) is 1.87. The third-order valence-electron chi connectivity index (χ3n) is 4.14. The molecule has 1 saturated heterocycles. The zero-order valence-corrected chi connectivity index (χ0v) is 19.0. The van der Waals surface area contributed by atoms with Crippen molar-refractivity contribution in [3.8, 4) is 11.5 Å². The smallest absolute Gasteiger partial charge is 0.266 e. The van der Waals surface area contributed by atoms with E-state index in [1.807, 2.05) is 69.3 Å². The molecule has 152 valence electrons. The number of amides is 1. The SMILES string of the molecule is CCOc1ccc(N=C2SC(=Cc3cc(Br)ccc3OCC)C(=O)N2CC)cc1. The maximum atomic E-state index is 12.9. The molecular weight excluding hydrogens is 452 g/mol. The molecule has 2 aromatic rings. The van der Waals surface area contributed by atoms with Gasteiger partial charge in [-0.05, 0) is 81.1 Å². The Labute approximate surface area is 183 Å². The van der Waals surface area contributed by atoms with Crippen LogP contribution in [0.2, 0.25) is 0 Å². The Kier molecular flexibility index (Phi) is 7.39. The lowest BCUT2D eigenvalue weighted by molar-refractivity contribution is -0.122. The number of ether oxygens (including phenoxy) is 2. The third-order valence-corrected chi connectivity index (χ3v) is 5.63. The van der Waals surface area contributed by atoms with E-state index in [1.165, 1.54) is 11.8 Å². The Bertz CT molecular complexity index is 942. The fourth-order valence-electron chi connectivity index (χ4n) is 2.82. The molecule has 1 fully saturated rings. The summed E-state index contributed by atoms with van der Waals surface area (Å²) in [6.45, 7) is 7.56. The topological polar surface area (TPSA) is 51.1 Å². The van der Waals surface area contributed by atoms with Gasteiger partial charge < -0.3 is 9.47 Å². The predicted molar refractivity (Wildman–Crippen MR) is 123 cm³/mol. The first-order chi connectivity index (χ1) is 14.0. The molecule has 3 rings (SSSR count). The minimum absolute atomic E-state index is 0.0513. The molecule has 7 heteroatoms. The summed E-state index contributed by atoms with van der Waals surface area (Å²) in [7, 11) is 0. The molecule has 0 radical (unpaired) electrons. The van der Waals surface area contributed by atoms with E-state index in [4.69, 9.17) is 9.47 Å².